The Balaban J connectivity index is 1.38. The number of alkyl halides is 1. The third kappa shape index (κ3) is 3.19. The van der Waals surface area contributed by atoms with Gasteiger partial charge < -0.3 is 18.9 Å². The number of hydrogen-bond donors (Lipinski definition) is 0. The monoisotopic (exact) mass is 534 g/mol. The second kappa shape index (κ2) is 7.71. The van der Waals surface area contributed by atoms with Crippen LogP contribution in [-0.4, -0.2) is 40.1 Å². The summed E-state index contributed by atoms with van der Waals surface area (Å²) >= 11 is 0.392. The molecule has 0 saturated heterocycles. The molecule has 6 heteroatoms. The fourth-order valence-corrected chi connectivity index (χ4v) is 8.48. The Morgan fingerprint density at radius 1 is 1.20 bits per heavy atom. The Labute approximate surface area is 188 Å². The molecular weight excluding hydrogens is 511 g/mol. The molecule has 2 unspecified atom stereocenters. The van der Waals surface area contributed by atoms with Crippen molar-refractivity contribution in [2.75, 3.05) is 30.7 Å². The first-order valence-electron chi connectivity index (χ1n) is 10.2. The lowest BCUT2D eigenvalue weighted by Crippen LogP contribution is -2.15. The summed E-state index contributed by atoms with van der Waals surface area (Å²) in [5, 5.41) is 2.41. The summed E-state index contributed by atoms with van der Waals surface area (Å²) < 4.78 is 27.1. The molecule has 4 heterocycles. The van der Waals surface area contributed by atoms with E-state index in [0.29, 0.717) is 27.5 Å². The molecule has 0 fully saturated rings. The fourth-order valence-electron chi connectivity index (χ4n) is 4.27. The first-order chi connectivity index (χ1) is 14.8. The number of aryl methyl sites for hydroxylation is 1. The lowest BCUT2D eigenvalue weighted by atomic mass is 9.99. The number of fused-ring (bicyclic) bond motifs is 5. The quantitative estimate of drug-likeness (QED) is 0.305. The molecule has 0 aliphatic carbocycles. The molecule has 0 radical (unpaired) electrons. The molecule has 2 aromatic rings. The van der Waals surface area contributed by atoms with E-state index in [1.54, 1.807) is 7.11 Å². The maximum atomic E-state index is 6.32. The van der Waals surface area contributed by atoms with Gasteiger partial charge in [-0.3, -0.25) is 0 Å². The van der Waals surface area contributed by atoms with E-state index in [2.05, 4.69) is 33.7 Å². The Kier molecular flexibility index (Phi) is 4.87. The van der Waals surface area contributed by atoms with Gasteiger partial charge in [0.05, 0.1) is 13.7 Å². The van der Waals surface area contributed by atoms with Crippen molar-refractivity contribution in [3.63, 3.8) is 0 Å². The second-order valence-electron chi connectivity index (χ2n) is 7.80. The van der Waals surface area contributed by atoms with Crippen LogP contribution in [0.3, 0.4) is 0 Å². The van der Waals surface area contributed by atoms with Gasteiger partial charge in [0.1, 0.15) is 0 Å². The van der Waals surface area contributed by atoms with Crippen LogP contribution in [0.25, 0.3) is 11.0 Å². The van der Waals surface area contributed by atoms with Crippen LogP contribution < -0.4 is 18.9 Å². The van der Waals surface area contributed by atoms with E-state index in [-0.39, 0.29) is 10.5 Å². The summed E-state index contributed by atoms with van der Waals surface area (Å²) in [6.45, 7) is 1.07. The number of halogens is 1. The van der Waals surface area contributed by atoms with Crippen LogP contribution >= 0.6 is 31.2 Å². The SMILES string of the molecule is COc1ccc2c(c1OCCC1C=IC1)C=S1CCc3cc4c(cc3C1=C2)OCO4. The standard InChI is InChI=1S/C24H23IO4S/c1-26-20-3-2-16-9-23-18-10-22-21(28-14-29-22)8-17(18)5-7-30(23)13-19(16)24(20)27-6-4-15-11-25-12-15/h2-3,8-11,13,15H,4-7,12,14H2,1H3. The highest BCUT2D eigenvalue weighted by Gasteiger charge is 2.27. The van der Waals surface area contributed by atoms with Crippen LogP contribution in [0.15, 0.2) is 24.3 Å². The highest BCUT2D eigenvalue weighted by molar-refractivity contribution is 14.2. The van der Waals surface area contributed by atoms with Crippen molar-refractivity contribution >= 4 is 51.6 Å². The van der Waals surface area contributed by atoms with E-state index in [9.17, 15) is 0 Å². The van der Waals surface area contributed by atoms with Crippen molar-refractivity contribution in [1.82, 2.24) is 0 Å². The van der Waals surface area contributed by atoms with Crippen molar-refractivity contribution < 1.29 is 18.9 Å². The summed E-state index contributed by atoms with van der Waals surface area (Å²) in [5.74, 6) is 5.36. The molecule has 30 heavy (non-hydrogen) atoms. The zero-order valence-electron chi connectivity index (χ0n) is 16.8. The van der Waals surface area contributed by atoms with E-state index in [1.807, 2.05) is 6.07 Å². The van der Waals surface area contributed by atoms with Gasteiger partial charge >= 0.3 is 0 Å². The van der Waals surface area contributed by atoms with E-state index in [0.717, 1.165) is 54.1 Å². The highest BCUT2D eigenvalue weighted by Crippen LogP contribution is 2.50. The summed E-state index contributed by atoms with van der Waals surface area (Å²) in [4.78, 5) is 1.39. The lowest BCUT2D eigenvalue weighted by Gasteiger charge is -2.28. The minimum atomic E-state index is 0.0553. The van der Waals surface area contributed by atoms with Crippen molar-refractivity contribution in [3.05, 3.63) is 46.5 Å². The van der Waals surface area contributed by atoms with Gasteiger partial charge in [-0.2, -0.15) is 10.5 Å². The van der Waals surface area contributed by atoms with Gasteiger partial charge in [-0.25, -0.2) is 0 Å². The van der Waals surface area contributed by atoms with E-state index in [1.165, 1.54) is 31.6 Å². The predicted octanol–water partition coefficient (Wildman–Crippen LogP) is 5.08. The van der Waals surface area contributed by atoms with Gasteiger partial charge in [0.25, 0.3) is 0 Å². The molecule has 4 aliphatic rings. The van der Waals surface area contributed by atoms with E-state index >= 15 is 0 Å². The maximum absolute atomic E-state index is 6.32. The molecule has 0 bridgehead atoms. The van der Waals surface area contributed by atoms with Crippen molar-refractivity contribution in [3.8, 4) is 23.0 Å². The topological polar surface area (TPSA) is 36.9 Å². The average molecular weight is 534 g/mol. The van der Waals surface area contributed by atoms with Crippen LogP contribution in [0.4, 0.5) is 0 Å². The number of benzene rings is 2. The molecule has 4 aliphatic heterocycles. The van der Waals surface area contributed by atoms with Crippen LogP contribution in [0.2, 0.25) is 0 Å². The van der Waals surface area contributed by atoms with E-state index < -0.39 is 0 Å². The van der Waals surface area contributed by atoms with Gasteiger partial charge in [-0.05, 0) is 70.8 Å². The molecule has 4 nitrogen and oxygen atoms in total. The zero-order valence-corrected chi connectivity index (χ0v) is 19.8. The van der Waals surface area contributed by atoms with Crippen molar-refractivity contribution in [2.45, 2.75) is 12.8 Å². The Bertz CT molecular complexity index is 1130. The van der Waals surface area contributed by atoms with Crippen LogP contribution in [0.1, 0.15) is 28.7 Å². The van der Waals surface area contributed by atoms with Gasteiger partial charge in [-0.15, -0.1) is 20.7 Å². The third-order valence-electron chi connectivity index (χ3n) is 5.99. The number of ether oxygens (including phenoxy) is 4. The molecule has 156 valence electrons. The molecule has 0 amide bonds. The normalized spacial score (nSPS) is 22.4. The van der Waals surface area contributed by atoms with Gasteiger partial charge in [0, 0.05) is 14.9 Å². The number of methoxy groups -OCH3 is 1. The molecule has 0 N–H and O–H groups in total. The van der Waals surface area contributed by atoms with Crippen molar-refractivity contribution in [1.29, 1.82) is 0 Å². The molecule has 2 atom stereocenters. The fraction of sp³-hybridized carbons (Fsp3) is 0.333. The first-order valence-corrected chi connectivity index (χ1v) is 14.5. The average Bonchev–Trinajstić information content (AvgIpc) is 3.20. The van der Waals surface area contributed by atoms with Gasteiger partial charge in [0.2, 0.25) is 6.79 Å². The summed E-state index contributed by atoms with van der Waals surface area (Å²) in [6.07, 6.45) is 4.51. The molecule has 2 aromatic carbocycles. The number of hydrogen-bond acceptors (Lipinski definition) is 4. The number of rotatable bonds is 5. The van der Waals surface area contributed by atoms with Gasteiger partial charge in [-0.1, -0.05) is 10.1 Å². The predicted molar refractivity (Wildman–Crippen MR) is 133 cm³/mol. The highest BCUT2D eigenvalue weighted by atomic mass is 127. The Hall–Kier alpha value is -1.80. The van der Waals surface area contributed by atoms with Crippen LogP contribution in [0.5, 0.6) is 23.0 Å². The van der Waals surface area contributed by atoms with Crippen LogP contribution in [0, 0.1) is 5.92 Å². The molecule has 0 spiro atoms. The first kappa shape index (κ1) is 18.9. The molecule has 6 rings (SSSR count). The minimum Gasteiger partial charge on any atom is -0.493 e. The maximum Gasteiger partial charge on any atom is 0.231 e. The minimum absolute atomic E-state index is 0.0553. The molecular formula is C24H23IO4S. The Morgan fingerprint density at radius 2 is 2.07 bits per heavy atom. The lowest BCUT2D eigenvalue weighted by molar-refractivity contribution is 0.174. The van der Waals surface area contributed by atoms with E-state index in [4.69, 9.17) is 18.9 Å². The third-order valence-corrected chi connectivity index (χ3v) is 11.2. The largest absolute Gasteiger partial charge is 0.493 e. The zero-order chi connectivity index (χ0) is 20.1. The summed E-state index contributed by atoms with van der Waals surface area (Å²) in [6, 6.07) is 8.51. The summed E-state index contributed by atoms with van der Waals surface area (Å²) in [5.41, 5.74) is 5.06. The summed E-state index contributed by atoms with van der Waals surface area (Å²) in [7, 11) is 1.78. The smallest absolute Gasteiger partial charge is 0.231 e. The Morgan fingerprint density at radius 3 is 2.87 bits per heavy atom. The van der Waals surface area contributed by atoms with Crippen LogP contribution in [-0.2, 0) is 6.42 Å². The van der Waals surface area contributed by atoms with Crippen molar-refractivity contribution in [2.24, 2.45) is 5.92 Å². The molecule has 0 saturated carbocycles. The second-order valence-corrected chi connectivity index (χ2v) is 12.2. The molecule has 0 aromatic heterocycles. The van der Waals surface area contributed by atoms with Gasteiger partial charge in [0.15, 0.2) is 23.0 Å².